The van der Waals surface area contributed by atoms with Crippen LogP contribution in [0.2, 0.25) is 0 Å². The Morgan fingerprint density at radius 2 is 2.24 bits per heavy atom. The quantitative estimate of drug-likeness (QED) is 0.784. The van der Waals surface area contributed by atoms with Crippen molar-refractivity contribution in [2.24, 2.45) is 7.05 Å². The van der Waals surface area contributed by atoms with Crippen LogP contribution in [0.15, 0.2) is 18.7 Å². The predicted molar refractivity (Wildman–Crippen MR) is 64.3 cm³/mol. The molecule has 17 heavy (non-hydrogen) atoms. The van der Waals surface area contributed by atoms with E-state index in [2.05, 4.69) is 27.3 Å². The molecule has 0 aromatic carbocycles. The van der Waals surface area contributed by atoms with Crippen LogP contribution < -0.4 is 5.32 Å². The van der Waals surface area contributed by atoms with Gasteiger partial charge in [0.25, 0.3) is 0 Å². The molecule has 0 spiro atoms. The number of hydrogen-bond acceptors (Lipinski definition) is 4. The van der Waals surface area contributed by atoms with Crippen molar-refractivity contribution >= 4 is 0 Å². The highest BCUT2D eigenvalue weighted by Crippen LogP contribution is 1.98. The van der Waals surface area contributed by atoms with Crippen LogP contribution in [0.4, 0.5) is 0 Å². The van der Waals surface area contributed by atoms with E-state index < -0.39 is 0 Å². The SMILES string of the molecule is CCNCc1ncn(CCc2nccn2C)n1. The van der Waals surface area contributed by atoms with Crippen LogP contribution in [0.1, 0.15) is 18.6 Å². The first-order chi connectivity index (χ1) is 8.29. The highest BCUT2D eigenvalue weighted by Gasteiger charge is 2.02. The minimum absolute atomic E-state index is 0.728. The first-order valence-electron chi connectivity index (χ1n) is 5.85. The van der Waals surface area contributed by atoms with Gasteiger partial charge in [0.15, 0.2) is 5.82 Å². The second-order valence-electron chi connectivity index (χ2n) is 3.91. The van der Waals surface area contributed by atoms with E-state index in [1.54, 1.807) is 6.33 Å². The fourth-order valence-corrected chi connectivity index (χ4v) is 1.61. The molecule has 0 atom stereocenters. The number of nitrogens with one attached hydrogen (secondary N) is 1. The standard InChI is InChI=1S/C11H18N6/c1-3-12-8-10-14-9-17(15-10)6-4-11-13-5-7-16(11)2/h5,7,9,12H,3-4,6,8H2,1-2H3. The molecule has 0 amide bonds. The zero-order valence-electron chi connectivity index (χ0n) is 10.3. The van der Waals surface area contributed by atoms with Crippen molar-refractivity contribution < 1.29 is 0 Å². The summed E-state index contributed by atoms with van der Waals surface area (Å²) < 4.78 is 3.89. The van der Waals surface area contributed by atoms with Crippen molar-refractivity contribution in [1.29, 1.82) is 0 Å². The molecule has 6 nitrogen and oxygen atoms in total. The van der Waals surface area contributed by atoms with Gasteiger partial charge in [-0.3, -0.25) is 4.68 Å². The molecule has 0 saturated heterocycles. The van der Waals surface area contributed by atoms with Gasteiger partial charge in [-0.15, -0.1) is 0 Å². The molecule has 2 aromatic heterocycles. The second kappa shape index (κ2) is 5.58. The van der Waals surface area contributed by atoms with Crippen LogP contribution in [0, 0.1) is 0 Å². The first kappa shape index (κ1) is 11.8. The Bertz CT molecular complexity index is 458. The van der Waals surface area contributed by atoms with Gasteiger partial charge in [-0.05, 0) is 6.54 Å². The maximum absolute atomic E-state index is 4.38. The Balaban J connectivity index is 1.87. The average Bonchev–Trinajstić information content (AvgIpc) is 2.93. The molecular formula is C11H18N6. The molecule has 1 N–H and O–H groups in total. The van der Waals surface area contributed by atoms with Gasteiger partial charge in [-0.2, -0.15) is 5.10 Å². The van der Waals surface area contributed by atoms with Gasteiger partial charge >= 0.3 is 0 Å². The monoisotopic (exact) mass is 234 g/mol. The summed E-state index contributed by atoms with van der Waals surface area (Å²) in [6, 6.07) is 0. The summed E-state index contributed by atoms with van der Waals surface area (Å²) in [5, 5.41) is 7.58. The predicted octanol–water partition coefficient (Wildman–Crippen LogP) is 0.364. The van der Waals surface area contributed by atoms with Crippen LogP contribution >= 0.6 is 0 Å². The van der Waals surface area contributed by atoms with Crippen molar-refractivity contribution in [3.8, 4) is 0 Å². The first-order valence-corrected chi connectivity index (χ1v) is 5.85. The molecule has 2 rings (SSSR count). The third kappa shape index (κ3) is 3.13. The topological polar surface area (TPSA) is 60.6 Å². The van der Waals surface area contributed by atoms with Gasteiger partial charge in [0.2, 0.25) is 0 Å². The van der Waals surface area contributed by atoms with E-state index in [1.165, 1.54) is 0 Å². The molecule has 0 aliphatic carbocycles. The van der Waals surface area contributed by atoms with E-state index >= 15 is 0 Å². The van der Waals surface area contributed by atoms with Gasteiger partial charge in [0.1, 0.15) is 12.2 Å². The lowest BCUT2D eigenvalue weighted by molar-refractivity contribution is 0.575. The molecule has 2 aromatic rings. The van der Waals surface area contributed by atoms with Crippen molar-refractivity contribution in [2.75, 3.05) is 6.54 Å². The molecule has 0 aliphatic heterocycles. The van der Waals surface area contributed by atoms with Gasteiger partial charge < -0.3 is 9.88 Å². The van der Waals surface area contributed by atoms with E-state index in [4.69, 9.17) is 0 Å². The number of rotatable bonds is 6. The third-order valence-electron chi connectivity index (χ3n) is 2.60. The van der Waals surface area contributed by atoms with E-state index in [0.717, 1.165) is 37.7 Å². The van der Waals surface area contributed by atoms with Crippen molar-refractivity contribution in [3.63, 3.8) is 0 Å². The van der Waals surface area contributed by atoms with Crippen LogP contribution in [0.3, 0.4) is 0 Å². The molecule has 2 heterocycles. The minimum atomic E-state index is 0.728. The van der Waals surface area contributed by atoms with Crippen LogP contribution in [0.5, 0.6) is 0 Å². The van der Waals surface area contributed by atoms with Crippen LogP contribution in [0.25, 0.3) is 0 Å². The second-order valence-corrected chi connectivity index (χ2v) is 3.91. The highest BCUT2D eigenvalue weighted by molar-refractivity contribution is 4.91. The zero-order chi connectivity index (χ0) is 12.1. The summed E-state index contributed by atoms with van der Waals surface area (Å²) in [6.45, 7) is 4.54. The molecule has 92 valence electrons. The molecule has 0 radical (unpaired) electrons. The van der Waals surface area contributed by atoms with E-state index in [-0.39, 0.29) is 0 Å². The lowest BCUT2D eigenvalue weighted by atomic mass is 10.4. The van der Waals surface area contributed by atoms with Gasteiger partial charge in [0, 0.05) is 32.4 Å². The number of hydrogen-bond donors (Lipinski definition) is 1. The highest BCUT2D eigenvalue weighted by atomic mass is 15.3. The molecular weight excluding hydrogens is 216 g/mol. The van der Waals surface area contributed by atoms with Gasteiger partial charge in [-0.1, -0.05) is 6.92 Å². The van der Waals surface area contributed by atoms with Crippen molar-refractivity contribution in [3.05, 3.63) is 30.4 Å². The fourth-order valence-electron chi connectivity index (χ4n) is 1.61. The van der Waals surface area contributed by atoms with E-state index in [9.17, 15) is 0 Å². The largest absolute Gasteiger partial charge is 0.338 e. The molecule has 0 saturated carbocycles. The van der Waals surface area contributed by atoms with E-state index in [0.29, 0.717) is 0 Å². The smallest absolute Gasteiger partial charge is 0.164 e. The molecule has 0 fully saturated rings. The Hall–Kier alpha value is -1.69. The lowest BCUT2D eigenvalue weighted by Crippen LogP contribution is -2.13. The summed E-state index contributed by atoms with van der Waals surface area (Å²) >= 11 is 0. The molecule has 0 aliphatic rings. The number of nitrogens with zero attached hydrogens (tertiary/aromatic N) is 5. The number of aryl methyl sites for hydroxylation is 3. The Kier molecular flexibility index (Phi) is 3.87. The van der Waals surface area contributed by atoms with Crippen molar-refractivity contribution in [1.82, 2.24) is 29.6 Å². The summed E-state index contributed by atoms with van der Waals surface area (Å²) in [5.74, 6) is 1.90. The summed E-state index contributed by atoms with van der Waals surface area (Å²) in [5.41, 5.74) is 0. The number of imidazole rings is 1. The van der Waals surface area contributed by atoms with Crippen LogP contribution in [-0.2, 0) is 26.6 Å². The summed E-state index contributed by atoms with van der Waals surface area (Å²) in [6.07, 6.45) is 6.41. The Labute approximate surface area is 101 Å². The van der Waals surface area contributed by atoms with Crippen LogP contribution in [-0.4, -0.2) is 30.9 Å². The normalized spacial score (nSPS) is 10.9. The van der Waals surface area contributed by atoms with Gasteiger partial charge in [-0.25, -0.2) is 9.97 Å². The molecule has 0 unspecified atom stereocenters. The third-order valence-corrected chi connectivity index (χ3v) is 2.60. The average molecular weight is 234 g/mol. The van der Waals surface area contributed by atoms with E-state index in [1.807, 2.05) is 28.7 Å². The maximum Gasteiger partial charge on any atom is 0.164 e. The Morgan fingerprint density at radius 1 is 1.35 bits per heavy atom. The minimum Gasteiger partial charge on any atom is -0.338 e. The number of aromatic nitrogens is 5. The molecule has 0 bridgehead atoms. The van der Waals surface area contributed by atoms with Gasteiger partial charge in [0.05, 0.1) is 6.54 Å². The molecule has 6 heteroatoms. The zero-order valence-corrected chi connectivity index (χ0v) is 10.3. The fraction of sp³-hybridized carbons (Fsp3) is 0.545. The lowest BCUT2D eigenvalue weighted by Gasteiger charge is -2.01. The summed E-state index contributed by atoms with van der Waals surface area (Å²) in [4.78, 5) is 8.51. The summed E-state index contributed by atoms with van der Waals surface area (Å²) in [7, 11) is 2.00. The maximum atomic E-state index is 4.38. The Morgan fingerprint density at radius 3 is 2.94 bits per heavy atom. The van der Waals surface area contributed by atoms with Crippen molar-refractivity contribution in [2.45, 2.75) is 26.4 Å².